The lowest BCUT2D eigenvalue weighted by molar-refractivity contribution is 0.0661. The second-order valence-electron chi connectivity index (χ2n) is 8.42. The molecule has 1 amide bonds. The van der Waals surface area contributed by atoms with Gasteiger partial charge in [0.1, 0.15) is 0 Å². The fraction of sp³-hybridized carbons (Fsp3) is 0.545. The number of piperazine rings is 1. The summed E-state index contributed by atoms with van der Waals surface area (Å²) in [7, 11) is 2.12. The molecule has 1 saturated heterocycles. The molecule has 0 radical (unpaired) electrons. The van der Waals surface area contributed by atoms with E-state index in [1.165, 1.54) is 5.56 Å². The molecule has 2 aromatic rings. The van der Waals surface area contributed by atoms with Gasteiger partial charge in [-0.15, -0.1) is 0 Å². The topological polar surface area (TPSA) is 41.4 Å². The highest BCUT2D eigenvalue weighted by Gasteiger charge is 2.37. The van der Waals surface area contributed by atoms with Crippen LogP contribution in [0.5, 0.6) is 0 Å². The minimum absolute atomic E-state index is 0.174. The minimum Gasteiger partial charge on any atom is -0.336 e. The van der Waals surface area contributed by atoms with E-state index in [1.54, 1.807) is 0 Å². The Balaban J connectivity index is 1.81. The third kappa shape index (κ3) is 3.53. The Hall–Kier alpha value is -2.14. The van der Waals surface area contributed by atoms with Crippen LogP contribution >= 0.6 is 0 Å². The monoisotopic (exact) mass is 366 g/mol. The zero-order valence-corrected chi connectivity index (χ0v) is 16.9. The molecule has 0 bridgehead atoms. The molecule has 0 spiro atoms. The number of hydrogen-bond acceptors (Lipinski definition) is 3. The molecule has 2 fully saturated rings. The number of hydrogen-bond donors (Lipinski definition) is 0. The average molecular weight is 367 g/mol. The number of rotatable bonds is 4. The highest BCUT2D eigenvalue weighted by atomic mass is 16.2. The molecule has 1 saturated carbocycles. The molecule has 4 rings (SSSR count). The summed E-state index contributed by atoms with van der Waals surface area (Å²) in [5, 5.41) is 4.99. The van der Waals surface area contributed by atoms with Crippen molar-refractivity contribution in [3.05, 3.63) is 46.8 Å². The maximum Gasteiger partial charge on any atom is 0.257 e. The molecule has 1 aliphatic heterocycles. The van der Waals surface area contributed by atoms with E-state index >= 15 is 0 Å². The van der Waals surface area contributed by atoms with Crippen LogP contribution in [0.1, 0.15) is 65.8 Å². The number of likely N-dealkylation sites (N-methyl/N-ethyl adjacent to an activating group) is 1. The summed E-state index contributed by atoms with van der Waals surface area (Å²) >= 11 is 0. The van der Waals surface area contributed by atoms with E-state index in [0.717, 1.165) is 61.7 Å². The van der Waals surface area contributed by atoms with Crippen LogP contribution in [-0.2, 0) is 0 Å². The highest BCUT2D eigenvalue weighted by molar-refractivity contribution is 5.97. The Bertz CT molecular complexity index is 842. The summed E-state index contributed by atoms with van der Waals surface area (Å²) in [4.78, 5) is 17.9. The van der Waals surface area contributed by atoms with Gasteiger partial charge in [-0.05, 0) is 50.4 Å². The highest BCUT2D eigenvalue weighted by Crippen LogP contribution is 2.43. The molecule has 1 aliphatic carbocycles. The van der Waals surface area contributed by atoms with E-state index in [4.69, 9.17) is 5.10 Å². The number of nitrogens with zero attached hydrogens (tertiary/aromatic N) is 4. The standard InChI is InChI=1S/C22H30N4O/c1-15(2)21-19(22(27)25-12-10-24(4)11-13-25)20(17-8-9-17)23-26(21)18-7-5-6-16(3)14-18/h5-7,14-15,17H,8-13H2,1-4H3. The fourth-order valence-electron chi connectivity index (χ4n) is 3.97. The number of carbonyl (C=O) groups excluding carboxylic acids is 1. The average Bonchev–Trinajstić information content (AvgIpc) is 3.40. The van der Waals surface area contributed by atoms with Crippen LogP contribution in [0.15, 0.2) is 24.3 Å². The van der Waals surface area contributed by atoms with Gasteiger partial charge in [0.25, 0.3) is 5.91 Å². The smallest absolute Gasteiger partial charge is 0.257 e. The third-order valence-electron chi connectivity index (χ3n) is 5.71. The van der Waals surface area contributed by atoms with Crippen LogP contribution in [0.3, 0.4) is 0 Å². The summed E-state index contributed by atoms with van der Waals surface area (Å²) in [5.74, 6) is 0.851. The van der Waals surface area contributed by atoms with E-state index in [0.29, 0.717) is 5.92 Å². The molecule has 1 aromatic heterocycles. The van der Waals surface area contributed by atoms with Crippen molar-refractivity contribution in [2.45, 2.75) is 45.4 Å². The number of benzene rings is 1. The van der Waals surface area contributed by atoms with E-state index in [9.17, 15) is 4.79 Å². The van der Waals surface area contributed by atoms with Crippen LogP contribution in [-0.4, -0.2) is 58.7 Å². The molecule has 5 heteroatoms. The third-order valence-corrected chi connectivity index (χ3v) is 5.71. The Kier molecular flexibility index (Phi) is 4.81. The Labute approximate surface area is 162 Å². The van der Waals surface area contributed by atoms with Crippen molar-refractivity contribution >= 4 is 5.91 Å². The van der Waals surface area contributed by atoms with Crippen molar-refractivity contribution in [2.24, 2.45) is 0 Å². The van der Waals surface area contributed by atoms with Gasteiger partial charge in [0.15, 0.2) is 0 Å². The molecule has 1 aromatic carbocycles. The fourth-order valence-corrected chi connectivity index (χ4v) is 3.97. The molecule has 0 atom stereocenters. The number of carbonyl (C=O) groups is 1. The quantitative estimate of drug-likeness (QED) is 0.831. The van der Waals surface area contributed by atoms with Crippen molar-refractivity contribution in [1.82, 2.24) is 19.6 Å². The summed E-state index contributed by atoms with van der Waals surface area (Å²) in [6.07, 6.45) is 2.29. The van der Waals surface area contributed by atoms with Crippen molar-refractivity contribution in [2.75, 3.05) is 33.2 Å². The molecule has 0 unspecified atom stereocenters. The summed E-state index contributed by atoms with van der Waals surface area (Å²) in [5.41, 5.74) is 5.21. The van der Waals surface area contributed by atoms with Crippen LogP contribution in [0.2, 0.25) is 0 Å². The van der Waals surface area contributed by atoms with Crippen LogP contribution < -0.4 is 0 Å². The molecular weight excluding hydrogens is 336 g/mol. The molecular formula is C22H30N4O. The van der Waals surface area contributed by atoms with Crippen LogP contribution in [0.4, 0.5) is 0 Å². The van der Waals surface area contributed by atoms with Gasteiger partial charge in [0.2, 0.25) is 0 Å². The Morgan fingerprint density at radius 2 is 1.85 bits per heavy atom. The number of aryl methyl sites for hydroxylation is 1. The molecule has 2 heterocycles. The van der Waals surface area contributed by atoms with Gasteiger partial charge in [-0.25, -0.2) is 4.68 Å². The largest absolute Gasteiger partial charge is 0.336 e. The molecule has 2 aliphatic rings. The SMILES string of the molecule is Cc1cccc(-n2nc(C3CC3)c(C(=O)N3CCN(C)CC3)c2C(C)C)c1. The molecule has 0 N–H and O–H groups in total. The van der Waals surface area contributed by atoms with E-state index < -0.39 is 0 Å². The van der Waals surface area contributed by atoms with E-state index in [-0.39, 0.29) is 11.8 Å². The predicted octanol–water partition coefficient (Wildman–Crippen LogP) is 3.57. The summed E-state index contributed by atoms with van der Waals surface area (Å²) < 4.78 is 2.04. The molecule has 27 heavy (non-hydrogen) atoms. The maximum absolute atomic E-state index is 13.6. The Morgan fingerprint density at radius 1 is 1.15 bits per heavy atom. The van der Waals surface area contributed by atoms with Gasteiger partial charge < -0.3 is 9.80 Å². The van der Waals surface area contributed by atoms with Crippen LogP contribution in [0, 0.1) is 6.92 Å². The van der Waals surface area contributed by atoms with Crippen LogP contribution in [0.25, 0.3) is 5.69 Å². The second-order valence-corrected chi connectivity index (χ2v) is 8.42. The van der Waals surface area contributed by atoms with Crippen molar-refractivity contribution in [1.29, 1.82) is 0 Å². The van der Waals surface area contributed by atoms with Crippen molar-refractivity contribution in [3.63, 3.8) is 0 Å². The van der Waals surface area contributed by atoms with Gasteiger partial charge in [-0.2, -0.15) is 5.10 Å². The zero-order valence-electron chi connectivity index (χ0n) is 16.9. The van der Waals surface area contributed by atoms with Gasteiger partial charge in [-0.3, -0.25) is 4.79 Å². The van der Waals surface area contributed by atoms with Gasteiger partial charge >= 0.3 is 0 Å². The van der Waals surface area contributed by atoms with Crippen molar-refractivity contribution < 1.29 is 4.79 Å². The lowest BCUT2D eigenvalue weighted by Crippen LogP contribution is -2.47. The zero-order chi connectivity index (χ0) is 19.1. The number of amides is 1. The first-order chi connectivity index (χ1) is 13.0. The van der Waals surface area contributed by atoms with Gasteiger partial charge in [0, 0.05) is 32.1 Å². The Morgan fingerprint density at radius 3 is 2.44 bits per heavy atom. The maximum atomic E-state index is 13.6. The molecule has 5 nitrogen and oxygen atoms in total. The van der Waals surface area contributed by atoms with Gasteiger partial charge in [-0.1, -0.05) is 26.0 Å². The minimum atomic E-state index is 0.174. The molecule has 144 valence electrons. The number of aromatic nitrogens is 2. The summed E-state index contributed by atoms with van der Waals surface area (Å²) in [6.45, 7) is 9.90. The first-order valence-corrected chi connectivity index (χ1v) is 10.1. The predicted molar refractivity (Wildman–Crippen MR) is 108 cm³/mol. The first kappa shape index (κ1) is 18.2. The van der Waals surface area contributed by atoms with E-state index in [1.807, 2.05) is 9.58 Å². The second kappa shape index (κ2) is 7.12. The summed E-state index contributed by atoms with van der Waals surface area (Å²) in [6, 6.07) is 8.40. The lowest BCUT2D eigenvalue weighted by atomic mass is 10.00. The van der Waals surface area contributed by atoms with Crippen molar-refractivity contribution in [3.8, 4) is 5.69 Å². The van der Waals surface area contributed by atoms with Gasteiger partial charge in [0.05, 0.1) is 22.6 Å². The lowest BCUT2D eigenvalue weighted by Gasteiger charge is -2.32. The van der Waals surface area contributed by atoms with E-state index in [2.05, 4.69) is 57.0 Å². The normalized spacial score (nSPS) is 18.3. The first-order valence-electron chi connectivity index (χ1n) is 10.1.